The van der Waals surface area contributed by atoms with E-state index in [9.17, 15) is 13.2 Å². The van der Waals surface area contributed by atoms with E-state index in [1.165, 1.54) is 24.3 Å². The number of rotatable bonds is 6. The van der Waals surface area contributed by atoms with Crippen molar-refractivity contribution >= 4 is 34.0 Å². The Bertz CT molecular complexity index is 836. The van der Waals surface area contributed by atoms with Gasteiger partial charge in [-0.25, -0.2) is 13.1 Å². The first-order chi connectivity index (χ1) is 11.6. The molecule has 0 aliphatic heterocycles. The van der Waals surface area contributed by atoms with Crippen molar-refractivity contribution in [3.8, 4) is 0 Å². The van der Waals surface area contributed by atoms with E-state index in [1.54, 1.807) is 32.9 Å². The number of nitrogens with one attached hydrogen (secondary N) is 2. The molecule has 2 rings (SSSR count). The van der Waals surface area contributed by atoms with Crippen LogP contribution in [0.15, 0.2) is 59.5 Å². The summed E-state index contributed by atoms with van der Waals surface area (Å²) in [4.78, 5) is 12.6. The van der Waals surface area contributed by atoms with Crippen LogP contribution in [0, 0.1) is 0 Å². The molecule has 4 N–H and O–H groups in total. The number of hydrogen-bond donors (Lipinski definition) is 3. The molecule has 0 aromatic heterocycles. The van der Waals surface area contributed by atoms with Gasteiger partial charge < -0.3 is 11.1 Å². The van der Waals surface area contributed by atoms with Gasteiger partial charge in [0.1, 0.15) is 5.54 Å². The highest BCUT2D eigenvalue weighted by molar-refractivity contribution is 7.89. The lowest BCUT2D eigenvalue weighted by molar-refractivity contribution is -0.120. The number of carbonyl (C=O) groups is 1. The van der Waals surface area contributed by atoms with E-state index in [1.807, 2.05) is 18.2 Å². The second-order valence-electron chi connectivity index (χ2n) is 6.32. The Morgan fingerprint density at radius 1 is 1.04 bits per heavy atom. The molecule has 0 aliphatic carbocycles. The molecule has 0 saturated heterocycles. The van der Waals surface area contributed by atoms with Crippen LogP contribution >= 0.6 is 12.4 Å². The minimum absolute atomic E-state index is 0. The number of benzene rings is 2. The third-order valence-corrected chi connectivity index (χ3v) is 5.33. The minimum atomic E-state index is -3.56. The third-order valence-electron chi connectivity index (χ3n) is 3.66. The number of carbonyl (C=O) groups excluding carboxylic acids is 1. The molecule has 2 aromatic carbocycles. The smallest absolute Gasteiger partial charge is 0.248 e. The van der Waals surface area contributed by atoms with Crippen LogP contribution in [0.5, 0.6) is 0 Å². The van der Waals surface area contributed by atoms with Crippen molar-refractivity contribution in [2.24, 2.45) is 5.73 Å². The quantitative estimate of drug-likeness (QED) is 0.697. The van der Waals surface area contributed by atoms with E-state index < -0.39 is 15.6 Å². The van der Waals surface area contributed by atoms with Crippen molar-refractivity contribution in [2.45, 2.75) is 37.2 Å². The van der Waals surface area contributed by atoms with Gasteiger partial charge in [0.2, 0.25) is 15.9 Å². The van der Waals surface area contributed by atoms with E-state index in [0.717, 1.165) is 0 Å². The Hall–Kier alpha value is -1.93. The van der Waals surface area contributed by atoms with Crippen molar-refractivity contribution in [1.29, 1.82) is 0 Å². The molecule has 0 heterocycles. The molecule has 6 nitrogen and oxygen atoms in total. The average molecular weight is 398 g/mol. The standard InChI is InChI=1S/C18H23N3O3S.ClH/c1-13(2)21-25(23,24)16-11-9-15(10-12-16)20-17(22)18(3,19)14-7-5-4-6-8-14;/h4-13,21H,19H2,1-3H3,(H,20,22);1H. The maximum absolute atomic E-state index is 12.5. The molecule has 0 fully saturated rings. The Morgan fingerprint density at radius 2 is 1.58 bits per heavy atom. The summed E-state index contributed by atoms with van der Waals surface area (Å²) in [5, 5.41) is 2.72. The molecule has 0 radical (unpaired) electrons. The molecule has 142 valence electrons. The van der Waals surface area contributed by atoms with E-state index in [0.29, 0.717) is 11.3 Å². The fourth-order valence-corrected chi connectivity index (χ4v) is 3.52. The highest BCUT2D eigenvalue weighted by Gasteiger charge is 2.30. The largest absolute Gasteiger partial charge is 0.324 e. The maximum atomic E-state index is 12.5. The molecule has 1 atom stereocenters. The maximum Gasteiger partial charge on any atom is 0.248 e. The molecule has 26 heavy (non-hydrogen) atoms. The molecule has 2 aromatic rings. The van der Waals surface area contributed by atoms with Crippen molar-refractivity contribution in [3.63, 3.8) is 0 Å². The summed E-state index contributed by atoms with van der Waals surface area (Å²) in [5.41, 5.74) is 6.12. The highest BCUT2D eigenvalue weighted by atomic mass is 35.5. The number of amides is 1. The Balaban J connectivity index is 0.00000338. The van der Waals surface area contributed by atoms with Crippen LogP contribution in [0.1, 0.15) is 26.3 Å². The molecular weight excluding hydrogens is 374 g/mol. The number of halogens is 1. The average Bonchev–Trinajstić information content (AvgIpc) is 2.55. The minimum Gasteiger partial charge on any atom is -0.324 e. The summed E-state index contributed by atoms with van der Waals surface area (Å²) in [7, 11) is -3.56. The van der Waals surface area contributed by atoms with Gasteiger partial charge in [-0.05, 0) is 50.6 Å². The van der Waals surface area contributed by atoms with Crippen molar-refractivity contribution < 1.29 is 13.2 Å². The molecule has 0 bridgehead atoms. The number of nitrogens with two attached hydrogens (primary N) is 1. The predicted octanol–water partition coefficient (Wildman–Crippen LogP) is 2.61. The molecule has 0 spiro atoms. The zero-order valence-electron chi connectivity index (χ0n) is 14.9. The van der Waals surface area contributed by atoms with Gasteiger partial charge in [0.15, 0.2) is 0 Å². The highest BCUT2D eigenvalue weighted by Crippen LogP contribution is 2.21. The van der Waals surface area contributed by atoms with Crippen molar-refractivity contribution in [2.75, 3.05) is 5.32 Å². The van der Waals surface area contributed by atoms with Crippen LogP contribution in [0.25, 0.3) is 0 Å². The van der Waals surface area contributed by atoms with Crippen LogP contribution in [0.4, 0.5) is 5.69 Å². The van der Waals surface area contributed by atoms with E-state index in [2.05, 4.69) is 10.0 Å². The molecule has 1 amide bonds. The second kappa shape index (κ2) is 8.64. The van der Waals surface area contributed by atoms with Gasteiger partial charge >= 0.3 is 0 Å². The molecule has 1 unspecified atom stereocenters. The third kappa shape index (κ3) is 5.28. The molecule has 0 aliphatic rings. The first-order valence-electron chi connectivity index (χ1n) is 7.91. The Labute approximate surface area is 160 Å². The summed E-state index contributed by atoms with van der Waals surface area (Å²) in [6.07, 6.45) is 0. The topological polar surface area (TPSA) is 101 Å². The molecular formula is C18H24ClN3O3S. The number of sulfonamides is 1. The lowest BCUT2D eigenvalue weighted by Gasteiger charge is -2.24. The first-order valence-corrected chi connectivity index (χ1v) is 9.39. The van der Waals surface area contributed by atoms with E-state index in [-0.39, 0.29) is 29.3 Å². The van der Waals surface area contributed by atoms with Crippen LogP contribution in [0.2, 0.25) is 0 Å². The second-order valence-corrected chi connectivity index (χ2v) is 8.04. The van der Waals surface area contributed by atoms with Gasteiger partial charge in [0.25, 0.3) is 0 Å². The number of anilines is 1. The van der Waals surface area contributed by atoms with Crippen molar-refractivity contribution in [3.05, 3.63) is 60.2 Å². The fourth-order valence-electron chi connectivity index (χ4n) is 2.27. The van der Waals surface area contributed by atoms with Gasteiger partial charge in [-0.15, -0.1) is 12.4 Å². The van der Waals surface area contributed by atoms with E-state index >= 15 is 0 Å². The molecule has 0 saturated carbocycles. The van der Waals surface area contributed by atoms with Crippen LogP contribution in [0.3, 0.4) is 0 Å². The lowest BCUT2D eigenvalue weighted by atomic mass is 9.92. The Kier molecular flexibility index (Phi) is 7.35. The summed E-state index contributed by atoms with van der Waals surface area (Å²) in [6, 6.07) is 14.8. The summed E-state index contributed by atoms with van der Waals surface area (Å²) in [6.45, 7) is 5.12. The van der Waals surface area contributed by atoms with Gasteiger partial charge in [-0.2, -0.15) is 0 Å². The van der Waals surface area contributed by atoms with E-state index in [4.69, 9.17) is 5.73 Å². The monoisotopic (exact) mass is 397 g/mol. The summed E-state index contributed by atoms with van der Waals surface area (Å²) >= 11 is 0. The molecule has 8 heteroatoms. The lowest BCUT2D eigenvalue weighted by Crippen LogP contribution is -2.45. The van der Waals surface area contributed by atoms with Crippen LogP contribution < -0.4 is 15.8 Å². The summed E-state index contributed by atoms with van der Waals surface area (Å²) in [5.74, 6) is -0.380. The van der Waals surface area contributed by atoms with Gasteiger partial charge in [0.05, 0.1) is 4.90 Å². The fraction of sp³-hybridized carbons (Fsp3) is 0.278. The zero-order valence-corrected chi connectivity index (χ0v) is 16.5. The first kappa shape index (κ1) is 22.1. The van der Waals surface area contributed by atoms with Crippen LogP contribution in [-0.2, 0) is 20.4 Å². The van der Waals surface area contributed by atoms with Crippen LogP contribution in [-0.4, -0.2) is 20.4 Å². The predicted molar refractivity (Wildman–Crippen MR) is 106 cm³/mol. The normalized spacial score (nSPS) is 13.6. The van der Waals surface area contributed by atoms with Gasteiger partial charge in [-0.3, -0.25) is 4.79 Å². The van der Waals surface area contributed by atoms with Crippen molar-refractivity contribution in [1.82, 2.24) is 4.72 Å². The van der Waals surface area contributed by atoms with Gasteiger partial charge in [0, 0.05) is 11.7 Å². The Morgan fingerprint density at radius 3 is 2.08 bits per heavy atom. The SMILES string of the molecule is CC(C)NS(=O)(=O)c1ccc(NC(=O)C(C)(N)c2ccccc2)cc1.Cl. The zero-order chi connectivity index (χ0) is 18.7. The number of hydrogen-bond acceptors (Lipinski definition) is 4. The summed E-state index contributed by atoms with van der Waals surface area (Å²) < 4.78 is 26.7. The van der Waals surface area contributed by atoms with Gasteiger partial charge in [-0.1, -0.05) is 30.3 Å².